The number of carboxylic acid groups (broad SMARTS) is 1. The summed E-state index contributed by atoms with van der Waals surface area (Å²) in [6.07, 6.45) is 10.9. The molecule has 0 radical (unpaired) electrons. The average Bonchev–Trinajstić information content (AvgIpc) is 2.76. The molecule has 0 aliphatic heterocycles. The van der Waals surface area contributed by atoms with Crippen molar-refractivity contribution in [3.63, 3.8) is 0 Å². The topological polar surface area (TPSA) is 77.8 Å². The van der Waals surface area contributed by atoms with Crippen LogP contribution >= 0.6 is 0 Å². The number of allylic oxidation sites excluding steroid dienone is 3. The second-order valence-electron chi connectivity index (χ2n) is 5.47. The third-order valence-electron chi connectivity index (χ3n) is 3.94. The normalized spacial score (nSPS) is 28.4. The maximum absolute atomic E-state index is 10.4. The minimum atomic E-state index is -0.787. The van der Waals surface area contributed by atoms with Gasteiger partial charge in [-0.1, -0.05) is 31.2 Å². The summed E-state index contributed by atoms with van der Waals surface area (Å²) >= 11 is 0. The van der Waals surface area contributed by atoms with E-state index in [9.17, 15) is 15.0 Å². The van der Waals surface area contributed by atoms with Crippen molar-refractivity contribution in [3.8, 4) is 0 Å². The summed E-state index contributed by atoms with van der Waals surface area (Å²) < 4.78 is 0. The van der Waals surface area contributed by atoms with Crippen LogP contribution in [-0.2, 0) is 4.79 Å². The maximum Gasteiger partial charge on any atom is 0.303 e. The summed E-state index contributed by atoms with van der Waals surface area (Å²) in [5.41, 5.74) is 0. The SMILES string of the molecule is CCC(O)C=CC1CCC(O)C1CC=CCCC(=O)O. The van der Waals surface area contributed by atoms with E-state index < -0.39 is 12.1 Å². The van der Waals surface area contributed by atoms with E-state index in [-0.39, 0.29) is 18.4 Å². The summed E-state index contributed by atoms with van der Waals surface area (Å²) in [4.78, 5) is 10.4. The maximum atomic E-state index is 10.4. The van der Waals surface area contributed by atoms with Gasteiger partial charge in [-0.3, -0.25) is 4.79 Å². The first-order valence-corrected chi connectivity index (χ1v) is 7.45. The Hall–Kier alpha value is -1.13. The van der Waals surface area contributed by atoms with Crippen LogP contribution in [0.4, 0.5) is 0 Å². The Bertz CT molecular complexity index is 348. The highest BCUT2D eigenvalue weighted by Crippen LogP contribution is 2.35. The fraction of sp³-hybridized carbons (Fsp3) is 0.688. The van der Waals surface area contributed by atoms with E-state index in [2.05, 4.69) is 0 Å². The van der Waals surface area contributed by atoms with Gasteiger partial charge in [-0.2, -0.15) is 0 Å². The molecule has 1 saturated carbocycles. The summed E-state index contributed by atoms with van der Waals surface area (Å²) in [5.74, 6) is -0.309. The molecule has 1 rings (SSSR count). The van der Waals surface area contributed by atoms with Gasteiger partial charge in [0.1, 0.15) is 0 Å². The van der Waals surface area contributed by atoms with Gasteiger partial charge in [0, 0.05) is 6.42 Å². The molecule has 4 atom stereocenters. The van der Waals surface area contributed by atoms with Gasteiger partial charge in [0.15, 0.2) is 0 Å². The molecule has 1 fully saturated rings. The molecule has 0 aromatic carbocycles. The van der Waals surface area contributed by atoms with Crippen LogP contribution in [0.1, 0.15) is 45.4 Å². The van der Waals surface area contributed by atoms with E-state index in [4.69, 9.17) is 5.11 Å². The van der Waals surface area contributed by atoms with Gasteiger partial charge in [-0.05, 0) is 43.9 Å². The lowest BCUT2D eigenvalue weighted by molar-refractivity contribution is -0.136. The molecule has 4 heteroatoms. The van der Waals surface area contributed by atoms with E-state index in [1.54, 1.807) is 0 Å². The van der Waals surface area contributed by atoms with Crippen LogP contribution < -0.4 is 0 Å². The second kappa shape index (κ2) is 8.93. The number of hydrogen-bond acceptors (Lipinski definition) is 3. The van der Waals surface area contributed by atoms with E-state index in [1.165, 1.54) is 0 Å². The Morgan fingerprint density at radius 1 is 1.35 bits per heavy atom. The molecule has 1 aliphatic carbocycles. The molecule has 0 heterocycles. The first kappa shape index (κ1) is 16.9. The van der Waals surface area contributed by atoms with Crippen molar-refractivity contribution < 1.29 is 20.1 Å². The highest BCUT2D eigenvalue weighted by atomic mass is 16.4. The third kappa shape index (κ3) is 5.88. The largest absolute Gasteiger partial charge is 0.481 e. The van der Waals surface area contributed by atoms with Gasteiger partial charge in [-0.25, -0.2) is 0 Å². The Morgan fingerprint density at radius 3 is 2.75 bits per heavy atom. The monoisotopic (exact) mass is 282 g/mol. The number of aliphatic hydroxyl groups is 2. The summed E-state index contributed by atoms with van der Waals surface area (Å²) in [6, 6.07) is 0. The molecule has 0 saturated heterocycles. The van der Waals surface area contributed by atoms with E-state index in [1.807, 2.05) is 31.2 Å². The third-order valence-corrected chi connectivity index (χ3v) is 3.94. The van der Waals surface area contributed by atoms with Crippen LogP contribution in [0.5, 0.6) is 0 Å². The first-order chi connectivity index (χ1) is 9.54. The number of rotatable bonds is 8. The highest BCUT2D eigenvalue weighted by Gasteiger charge is 2.32. The number of aliphatic carboxylic acids is 1. The van der Waals surface area contributed by atoms with E-state index in [0.717, 1.165) is 19.3 Å². The van der Waals surface area contributed by atoms with Crippen LogP contribution in [0.2, 0.25) is 0 Å². The van der Waals surface area contributed by atoms with Crippen LogP contribution in [0.3, 0.4) is 0 Å². The average molecular weight is 282 g/mol. The Morgan fingerprint density at radius 2 is 2.10 bits per heavy atom. The zero-order valence-electron chi connectivity index (χ0n) is 12.1. The summed E-state index contributed by atoms with van der Waals surface area (Å²) in [6.45, 7) is 1.93. The fourth-order valence-electron chi connectivity index (χ4n) is 2.63. The zero-order valence-corrected chi connectivity index (χ0v) is 12.1. The predicted octanol–water partition coefficient (Wildman–Crippen LogP) is 2.51. The second-order valence-corrected chi connectivity index (χ2v) is 5.47. The molecule has 20 heavy (non-hydrogen) atoms. The Labute approximate surface area is 120 Å². The van der Waals surface area contributed by atoms with Crippen molar-refractivity contribution in [3.05, 3.63) is 24.3 Å². The Balaban J connectivity index is 2.43. The summed E-state index contributed by atoms with van der Waals surface area (Å²) in [5, 5.41) is 28.1. The molecular formula is C16H26O4. The lowest BCUT2D eigenvalue weighted by Crippen LogP contribution is -2.17. The number of aliphatic hydroxyl groups excluding tert-OH is 2. The molecule has 3 N–H and O–H groups in total. The molecule has 114 valence electrons. The van der Waals surface area contributed by atoms with Crippen LogP contribution in [0.15, 0.2) is 24.3 Å². The molecule has 0 aromatic rings. The van der Waals surface area contributed by atoms with Crippen molar-refractivity contribution in [1.82, 2.24) is 0 Å². The van der Waals surface area contributed by atoms with E-state index >= 15 is 0 Å². The van der Waals surface area contributed by atoms with E-state index in [0.29, 0.717) is 18.8 Å². The number of carboxylic acids is 1. The molecule has 1 aliphatic rings. The van der Waals surface area contributed by atoms with Crippen molar-refractivity contribution in [1.29, 1.82) is 0 Å². The minimum Gasteiger partial charge on any atom is -0.481 e. The fourth-order valence-corrected chi connectivity index (χ4v) is 2.63. The van der Waals surface area contributed by atoms with Crippen molar-refractivity contribution in [2.75, 3.05) is 0 Å². The van der Waals surface area contributed by atoms with Crippen LogP contribution in [0, 0.1) is 11.8 Å². The lowest BCUT2D eigenvalue weighted by Gasteiger charge is -2.18. The number of carbonyl (C=O) groups is 1. The van der Waals surface area contributed by atoms with Crippen LogP contribution in [0.25, 0.3) is 0 Å². The number of hydrogen-bond donors (Lipinski definition) is 3. The molecule has 0 bridgehead atoms. The van der Waals surface area contributed by atoms with Gasteiger partial charge in [0.25, 0.3) is 0 Å². The first-order valence-electron chi connectivity index (χ1n) is 7.45. The molecule has 0 amide bonds. The van der Waals surface area contributed by atoms with Crippen molar-refractivity contribution >= 4 is 5.97 Å². The standard InChI is InChI=1S/C16H26O4/c1-2-13(17)10-8-12-9-11-15(18)14(12)6-4-3-5-7-16(19)20/h3-4,8,10,12-15,17-18H,2,5-7,9,11H2,1H3,(H,19,20). The van der Waals surface area contributed by atoms with Gasteiger partial charge >= 0.3 is 5.97 Å². The minimum absolute atomic E-state index is 0.149. The lowest BCUT2D eigenvalue weighted by atomic mass is 9.90. The smallest absolute Gasteiger partial charge is 0.303 e. The van der Waals surface area contributed by atoms with Crippen LogP contribution in [-0.4, -0.2) is 33.5 Å². The van der Waals surface area contributed by atoms with Crippen molar-refractivity contribution in [2.45, 2.75) is 57.7 Å². The predicted molar refractivity (Wildman–Crippen MR) is 78.3 cm³/mol. The Kier molecular flexibility index (Phi) is 7.55. The van der Waals surface area contributed by atoms with Gasteiger partial charge < -0.3 is 15.3 Å². The van der Waals surface area contributed by atoms with Gasteiger partial charge in [-0.15, -0.1) is 0 Å². The highest BCUT2D eigenvalue weighted by molar-refractivity contribution is 5.66. The molecule has 4 nitrogen and oxygen atoms in total. The molecular weight excluding hydrogens is 256 g/mol. The molecule has 0 spiro atoms. The van der Waals surface area contributed by atoms with Gasteiger partial charge in [0.2, 0.25) is 0 Å². The molecule has 0 aromatic heterocycles. The zero-order chi connectivity index (χ0) is 15.0. The van der Waals surface area contributed by atoms with Gasteiger partial charge in [0.05, 0.1) is 12.2 Å². The van der Waals surface area contributed by atoms with Crippen molar-refractivity contribution in [2.24, 2.45) is 11.8 Å². The summed E-state index contributed by atoms with van der Waals surface area (Å²) in [7, 11) is 0. The molecule has 4 unspecified atom stereocenters. The quantitative estimate of drug-likeness (QED) is 0.598.